The second-order valence-electron chi connectivity index (χ2n) is 4.25. The van der Waals surface area contributed by atoms with E-state index in [0.717, 1.165) is 6.07 Å². The Balaban J connectivity index is 3.13. The maximum atomic E-state index is 12.9. The van der Waals surface area contributed by atoms with E-state index in [1.165, 1.54) is 31.2 Å². The van der Waals surface area contributed by atoms with Crippen molar-refractivity contribution in [2.75, 3.05) is 0 Å². The predicted molar refractivity (Wildman–Crippen MR) is 74.8 cm³/mol. The number of terminal acetylenes is 1. The molecule has 1 aromatic rings. The molecule has 1 N–H and O–H groups in total. The Labute approximate surface area is 121 Å². The lowest BCUT2D eigenvalue weighted by Gasteiger charge is -2.13. The van der Waals surface area contributed by atoms with Gasteiger partial charge < -0.3 is 9.84 Å². The molecule has 0 aliphatic rings. The molecule has 0 unspecified atom stereocenters. The van der Waals surface area contributed by atoms with Gasteiger partial charge in [-0.2, -0.15) is 13.2 Å². The van der Waals surface area contributed by atoms with E-state index < -0.39 is 11.7 Å². The number of allylic oxidation sites excluding steroid dienone is 4. The highest BCUT2D eigenvalue weighted by atomic mass is 19.4. The van der Waals surface area contributed by atoms with Crippen molar-refractivity contribution >= 4 is 0 Å². The van der Waals surface area contributed by atoms with Crippen LogP contribution >= 0.6 is 0 Å². The molecule has 0 aromatic heterocycles. The van der Waals surface area contributed by atoms with Gasteiger partial charge in [-0.05, 0) is 37.3 Å². The molecule has 0 atom stereocenters. The van der Waals surface area contributed by atoms with Gasteiger partial charge in [0.25, 0.3) is 0 Å². The number of halogens is 3. The van der Waals surface area contributed by atoms with Crippen LogP contribution in [0.15, 0.2) is 41.9 Å². The van der Waals surface area contributed by atoms with Gasteiger partial charge in [-0.25, -0.2) is 0 Å². The Morgan fingerprint density at radius 2 is 2.05 bits per heavy atom. The van der Waals surface area contributed by atoms with E-state index in [-0.39, 0.29) is 17.1 Å². The van der Waals surface area contributed by atoms with Crippen LogP contribution < -0.4 is 4.74 Å². The van der Waals surface area contributed by atoms with Gasteiger partial charge in [-0.1, -0.05) is 12.8 Å². The second-order valence-corrected chi connectivity index (χ2v) is 4.25. The van der Waals surface area contributed by atoms with Crippen LogP contribution in [0, 0.1) is 12.3 Å². The lowest BCUT2D eigenvalue weighted by molar-refractivity contribution is -0.137. The van der Waals surface area contributed by atoms with E-state index in [4.69, 9.17) is 16.3 Å². The van der Waals surface area contributed by atoms with E-state index in [0.29, 0.717) is 12.2 Å². The largest absolute Gasteiger partial charge is 0.513 e. The molecule has 0 aliphatic heterocycles. The summed E-state index contributed by atoms with van der Waals surface area (Å²) < 4.78 is 44.0. The summed E-state index contributed by atoms with van der Waals surface area (Å²) >= 11 is 0. The minimum absolute atomic E-state index is 0.0402. The predicted octanol–water partition coefficient (Wildman–Crippen LogP) is 4.82. The van der Waals surface area contributed by atoms with Crippen molar-refractivity contribution < 1.29 is 23.0 Å². The lowest BCUT2D eigenvalue weighted by Crippen LogP contribution is -2.08. The SMILES string of the molecule is C#Cc1ccc(O/C(=C/C=C(\C)O)CC)cc1C(F)(F)F. The van der Waals surface area contributed by atoms with Gasteiger partial charge in [0.15, 0.2) is 0 Å². The van der Waals surface area contributed by atoms with Gasteiger partial charge in [0.05, 0.1) is 11.3 Å². The third kappa shape index (κ3) is 4.92. The summed E-state index contributed by atoms with van der Waals surface area (Å²) in [6.07, 6.45) is 3.89. The molecule has 1 aromatic carbocycles. The molecule has 0 heterocycles. The molecule has 0 spiro atoms. The van der Waals surface area contributed by atoms with Crippen LogP contribution in [0.25, 0.3) is 0 Å². The summed E-state index contributed by atoms with van der Waals surface area (Å²) in [5.41, 5.74) is -1.14. The van der Waals surface area contributed by atoms with Gasteiger partial charge in [-0.15, -0.1) is 6.42 Å². The fourth-order valence-corrected chi connectivity index (χ4v) is 1.54. The Morgan fingerprint density at radius 3 is 2.52 bits per heavy atom. The van der Waals surface area contributed by atoms with Gasteiger partial charge >= 0.3 is 6.18 Å². The quantitative estimate of drug-likeness (QED) is 0.490. The summed E-state index contributed by atoms with van der Waals surface area (Å²) in [5, 5.41) is 9.07. The molecule has 0 saturated carbocycles. The normalized spacial score (nSPS) is 13.0. The van der Waals surface area contributed by atoms with Crippen molar-refractivity contribution in [1.29, 1.82) is 0 Å². The van der Waals surface area contributed by atoms with E-state index in [2.05, 4.69) is 0 Å². The summed E-state index contributed by atoms with van der Waals surface area (Å²) in [7, 11) is 0. The lowest BCUT2D eigenvalue weighted by atomic mass is 10.1. The monoisotopic (exact) mass is 296 g/mol. The zero-order chi connectivity index (χ0) is 16.0. The number of rotatable bonds is 4. The maximum absolute atomic E-state index is 12.9. The van der Waals surface area contributed by atoms with Crippen LogP contribution in [0.2, 0.25) is 0 Å². The Morgan fingerprint density at radius 1 is 1.38 bits per heavy atom. The summed E-state index contributed by atoms with van der Waals surface area (Å²) in [5.74, 6) is 2.54. The summed E-state index contributed by atoms with van der Waals surface area (Å²) in [6.45, 7) is 3.26. The first-order valence-electron chi connectivity index (χ1n) is 6.20. The van der Waals surface area contributed by atoms with Crippen molar-refractivity contribution in [2.24, 2.45) is 0 Å². The molecular weight excluding hydrogens is 281 g/mol. The molecule has 0 aliphatic carbocycles. The average Bonchev–Trinajstić information content (AvgIpc) is 2.42. The number of hydrogen-bond acceptors (Lipinski definition) is 2. The topological polar surface area (TPSA) is 29.5 Å². The molecule has 0 saturated heterocycles. The zero-order valence-corrected chi connectivity index (χ0v) is 11.7. The number of aliphatic hydroxyl groups is 1. The van der Waals surface area contributed by atoms with Crippen LogP contribution in [0.4, 0.5) is 13.2 Å². The molecule has 5 heteroatoms. The van der Waals surface area contributed by atoms with E-state index in [1.807, 2.05) is 5.92 Å². The number of ether oxygens (including phenoxy) is 1. The Hall–Kier alpha value is -2.35. The first-order chi connectivity index (χ1) is 9.77. The molecule has 112 valence electrons. The smallest absolute Gasteiger partial charge is 0.417 e. The van der Waals surface area contributed by atoms with E-state index in [1.54, 1.807) is 6.92 Å². The first-order valence-corrected chi connectivity index (χ1v) is 6.20. The van der Waals surface area contributed by atoms with Gasteiger partial charge in [0.2, 0.25) is 0 Å². The molecule has 2 nitrogen and oxygen atoms in total. The molecule has 0 fully saturated rings. The maximum Gasteiger partial charge on any atom is 0.417 e. The van der Waals surface area contributed by atoms with Crippen LogP contribution in [0.3, 0.4) is 0 Å². The van der Waals surface area contributed by atoms with Crippen molar-refractivity contribution in [2.45, 2.75) is 26.4 Å². The third-order valence-electron chi connectivity index (χ3n) is 2.56. The summed E-state index contributed by atoms with van der Waals surface area (Å²) in [4.78, 5) is 0. The van der Waals surface area contributed by atoms with Gasteiger partial charge in [-0.3, -0.25) is 0 Å². The highest BCUT2D eigenvalue weighted by molar-refractivity contribution is 5.46. The van der Waals surface area contributed by atoms with Gasteiger partial charge in [0, 0.05) is 12.0 Å². The third-order valence-corrected chi connectivity index (χ3v) is 2.56. The van der Waals surface area contributed by atoms with E-state index in [9.17, 15) is 13.2 Å². The minimum atomic E-state index is -4.54. The molecule has 21 heavy (non-hydrogen) atoms. The highest BCUT2D eigenvalue weighted by Crippen LogP contribution is 2.34. The molecule has 1 rings (SSSR count). The molecule has 0 bridgehead atoms. The van der Waals surface area contributed by atoms with Crippen molar-refractivity contribution in [3.8, 4) is 18.1 Å². The van der Waals surface area contributed by atoms with Crippen molar-refractivity contribution in [3.63, 3.8) is 0 Å². The molecule has 0 amide bonds. The van der Waals surface area contributed by atoms with E-state index >= 15 is 0 Å². The number of hydrogen-bond donors (Lipinski definition) is 1. The van der Waals surface area contributed by atoms with Gasteiger partial charge in [0.1, 0.15) is 11.5 Å². The van der Waals surface area contributed by atoms with Crippen LogP contribution in [0.5, 0.6) is 5.75 Å². The minimum Gasteiger partial charge on any atom is -0.513 e. The Bertz CT molecular complexity index is 601. The highest BCUT2D eigenvalue weighted by Gasteiger charge is 2.33. The molecular formula is C16H15F3O2. The fraction of sp³-hybridized carbons (Fsp3) is 0.250. The first kappa shape index (κ1) is 16.7. The number of benzene rings is 1. The average molecular weight is 296 g/mol. The fourth-order valence-electron chi connectivity index (χ4n) is 1.54. The number of alkyl halides is 3. The van der Waals surface area contributed by atoms with Crippen LogP contribution in [-0.4, -0.2) is 5.11 Å². The second kappa shape index (κ2) is 6.89. The van der Waals surface area contributed by atoms with Crippen LogP contribution in [0.1, 0.15) is 31.4 Å². The van der Waals surface area contributed by atoms with Crippen molar-refractivity contribution in [3.05, 3.63) is 53.0 Å². The Kier molecular flexibility index (Phi) is 5.48. The van der Waals surface area contributed by atoms with Crippen LogP contribution in [-0.2, 0) is 6.18 Å². The molecule has 0 radical (unpaired) electrons. The standard InChI is InChI=1S/C16H15F3O2/c1-4-12-7-9-14(10-15(12)16(17,18)19)21-13(5-2)8-6-11(3)20/h1,6-10,20H,5H2,2-3H3/b11-6+,13-8+. The zero-order valence-electron chi connectivity index (χ0n) is 11.7. The van der Waals surface area contributed by atoms with Crippen molar-refractivity contribution in [1.82, 2.24) is 0 Å². The summed E-state index contributed by atoms with van der Waals surface area (Å²) in [6, 6.07) is 3.44. The number of aliphatic hydroxyl groups excluding tert-OH is 1.